The van der Waals surface area contributed by atoms with Gasteiger partial charge in [0.1, 0.15) is 5.75 Å². The lowest BCUT2D eigenvalue weighted by molar-refractivity contribution is 0.0506. The van der Waals surface area contributed by atoms with Gasteiger partial charge in [0, 0.05) is 19.1 Å². The highest BCUT2D eigenvalue weighted by molar-refractivity contribution is 5.28. The van der Waals surface area contributed by atoms with Crippen molar-refractivity contribution in [2.45, 2.75) is 38.6 Å². The predicted molar refractivity (Wildman–Crippen MR) is 114 cm³/mol. The number of methoxy groups -OCH3 is 1. The highest BCUT2D eigenvalue weighted by Gasteiger charge is 2.24. The molecule has 0 aliphatic rings. The first-order valence-electron chi connectivity index (χ1n) is 9.78. The molecule has 0 radical (unpaired) electrons. The summed E-state index contributed by atoms with van der Waals surface area (Å²) in [6.45, 7) is 3.47. The number of hydrogen-bond acceptors (Lipinski definition) is 3. The normalized spacial score (nSPS) is 13.3. The Morgan fingerprint density at radius 3 is 1.68 bits per heavy atom. The van der Waals surface area contributed by atoms with E-state index in [1.165, 1.54) is 16.7 Å². The van der Waals surface area contributed by atoms with E-state index >= 15 is 0 Å². The molecule has 3 aromatic rings. The first kappa shape index (κ1) is 20.1. The molecule has 0 fully saturated rings. The van der Waals surface area contributed by atoms with Gasteiger partial charge < -0.3 is 9.84 Å². The Bertz CT molecular complexity index is 775. The molecule has 0 spiro atoms. The van der Waals surface area contributed by atoms with E-state index in [1.807, 2.05) is 31.2 Å². The van der Waals surface area contributed by atoms with Crippen LogP contribution >= 0.6 is 0 Å². The van der Waals surface area contributed by atoms with E-state index in [0.29, 0.717) is 0 Å². The number of aliphatic hydroxyl groups is 1. The summed E-state index contributed by atoms with van der Waals surface area (Å²) in [5.74, 6) is 0.850. The van der Waals surface area contributed by atoms with Gasteiger partial charge in [-0.3, -0.25) is 4.90 Å². The topological polar surface area (TPSA) is 32.7 Å². The van der Waals surface area contributed by atoms with E-state index in [0.717, 1.165) is 25.3 Å². The van der Waals surface area contributed by atoms with Crippen LogP contribution in [0.2, 0.25) is 0 Å². The average Bonchev–Trinajstić information content (AvgIpc) is 2.73. The van der Waals surface area contributed by atoms with Gasteiger partial charge in [-0.1, -0.05) is 72.8 Å². The molecule has 1 unspecified atom stereocenters. The van der Waals surface area contributed by atoms with Gasteiger partial charge in [0.05, 0.1) is 13.2 Å². The van der Waals surface area contributed by atoms with Crippen molar-refractivity contribution in [2.24, 2.45) is 0 Å². The first-order chi connectivity index (χ1) is 13.7. The molecule has 0 amide bonds. The van der Waals surface area contributed by atoms with E-state index < -0.39 is 6.10 Å². The number of ether oxygens (including phenoxy) is 1. The zero-order valence-corrected chi connectivity index (χ0v) is 16.7. The van der Waals surface area contributed by atoms with Crippen molar-refractivity contribution in [3.8, 4) is 5.75 Å². The van der Waals surface area contributed by atoms with Crippen LogP contribution in [-0.4, -0.2) is 29.3 Å². The summed E-state index contributed by atoms with van der Waals surface area (Å²) in [4.78, 5) is 2.37. The van der Waals surface area contributed by atoms with E-state index in [9.17, 15) is 5.11 Å². The van der Waals surface area contributed by atoms with Gasteiger partial charge in [0.15, 0.2) is 0 Å². The van der Waals surface area contributed by atoms with E-state index in [4.69, 9.17) is 4.74 Å². The predicted octanol–water partition coefficient (Wildman–Crippen LogP) is 4.69. The van der Waals surface area contributed by atoms with Crippen molar-refractivity contribution in [1.29, 1.82) is 0 Å². The Hall–Kier alpha value is -2.62. The summed E-state index contributed by atoms with van der Waals surface area (Å²) < 4.78 is 5.27. The fraction of sp³-hybridized carbons (Fsp3) is 0.280. The van der Waals surface area contributed by atoms with Crippen molar-refractivity contribution >= 4 is 0 Å². The van der Waals surface area contributed by atoms with Crippen LogP contribution in [0.1, 0.15) is 23.6 Å². The number of rotatable bonds is 9. The fourth-order valence-electron chi connectivity index (χ4n) is 3.53. The number of hydrogen-bond donors (Lipinski definition) is 1. The van der Waals surface area contributed by atoms with Crippen LogP contribution in [0.25, 0.3) is 0 Å². The van der Waals surface area contributed by atoms with E-state index in [2.05, 4.69) is 65.6 Å². The van der Waals surface area contributed by atoms with E-state index in [1.54, 1.807) is 7.11 Å². The minimum Gasteiger partial charge on any atom is -0.497 e. The fourth-order valence-corrected chi connectivity index (χ4v) is 3.53. The molecule has 0 saturated carbocycles. The second-order valence-electron chi connectivity index (χ2n) is 7.24. The first-order valence-corrected chi connectivity index (χ1v) is 9.78. The van der Waals surface area contributed by atoms with Gasteiger partial charge in [-0.2, -0.15) is 0 Å². The lowest BCUT2D eigenvalue weighted by Gasteiger charge is -2.34. The molecule has 2 atom stereocenters. The molecule has 3 heteroatoms. The van der Waals surface area contributed by atoms with Gasteiger partial charge >= 0.3 is 0 Å². The van der Waals surface area contributed by atoms with Gasteiger partial charge in [0.25, 0.3) is 0 Å². The lowest BCUT2D eigenvalue weighted by atomic mass is 9.98. The summed E-state index contributed by atoms with van der Waals surface area (Å²) in [5, 5.41) is 10.6. The molecule has 3 aromatic carbocycles. The monoisotopic (exact) mass is 375 g/mol. The Kier molecular flexibility index (Phi) is 7.24. The standard InChI is InChI=1S/C25H29NO2/c1-20(27)25(17-21-13-15-24(28-2)16-14-21)26(18-22-9-5-3-6-10-22)19-23-11-7-4-8-12-23/h3-16,20,25,27H,17-19H2,1-2H3/t20-,25?/m0/s1. The molecular weight excluding hydrogens is 346 g/mol. The van der Waals surface area contributed by atoms with Gasteiger partial charge in [-0.05, 0) is 42.2 Å². The molecule has 0 aliphatic carbocycles. The largest absolute Gasteiger partial charge is 0.497 e. The minimum absolute atomic E-state index is 0.00815. The lowest BCUT2D eigenvalue weighted by Crippen LogP contribution is -2.43. The molecule has 3 rings (SSSR count). The van der Waals surface area contributed by atoms with Crippen LogP contribution in [0.5, 0.6) is 5.75 Å². The molecule has 146 valence electrons. The van der Waals surface area contributed by atoms with Crippen LogP contribution < -0.4 is 4.74 Å². The molecule has 0 heterocycles. The maximum absolute atomic E-state index is 10.6. The van der Waals surface area contributed by atoms with E-state index in [-0.39, 0.29) is 6.04 Å². The molecule has 28 heavy (non-hydrogen) atoms. The number of benzene rings is 3. The highest BCUT2D eigenvalue weighted by Crippen LogP contribution is 2.21. The number of nitrogens with zero attached hydrogens (tertiary/aromatic N) is 1. The molecule has 0 aromatic heterocycles. The smallest absolute Gasteiger partial charge is 0.118 e. The molecule has 0 bridgehead atoms. The summed E-state index contributed by atoms with van der Waals surface area (Å²) >= 11 is 0. The van der Waals surface area contributed by atoms with Crippen LogP contribution in [-0.2, 0) is 19.5 Å². The van der Waals surface area contributed by atoms with Crippen LogP contribution in [0.15, 0.2) is 84.9 Å². The summed E-state index contributed by atoms with van der Waals surface area (Å²) in [6.07, 6.45) is 0.330. The second kappa shape index (κ2) is 10.1. The van der Waals surface area contributed by atoms with Crippen LogP contribution in [0.4, 0.5) is 0 Å². The quantitative estimate of drug-likeness (QED) is 0.589. The van der Waals surface area contributed by atoms with Crippen LogP contribution in [0, 0.1) is 0 Å². The third kappa shape index (κ3) is 5.69. The molecule has 0 aliphatic heterocycles. The number of aliphatic hydroxyl groups excluding tert-OH is 1. The second-order valence-corrected chi connectivity index (χ2v) is 7.24. The summed E-state index contributed by atoms with van der Waals surface area (Å²) in [5.41, 5.74) is 3.69. The van der Waals surface area contributed by atoms with Crippen molar-refractivity contribution in [3.05, 3.63) is 102 Å². The molecular formula is C25H29NO2. The zero-order chi connectivity index (χ0) is 19.8. The Morgan fingerprint density at radius 1 is 0.750 bits per heavy atom. The van der Waals surface area contributed by atoms with Crippen molar-refractivity contribution in [1.82, 2.24) is 4.90 Å². The maximum Gasteiger partial charge on any atom is 0.118 e. The summed E-state index contributed by atoms with van der Waals surface area (Å²) in [7, 11) is 1.68. The maximum atomic E-state index is 10.6. The molecule has 0 saturated heterocycles. The zero-order valence-electron chi connectivity index (χ0n) is 16.7. The van der Waals surface area contributed by atoms with Gasteiger partial charge in [-0.25, -0.2) is 0 Å². The molecule has 3 nitrogen and oxygen atoms in total. The Balaban J connectivity index is 1.84. The average molecular weight is 376 g/mol. The third-order valence-electron chi connectivity index (χ3n) is 5.09. The molecule has 1 N–H and O–H groups in total. The highest BCUT2D eigenvalue weighted by atomic mass is 16.5. The van der Waals surface area contributed by atoms with Crippen LogP contribution in [0.3, 0.4) is 0 Å². The van der Waals surface area contributed by atoms with Crippen molar-refractivity contribution < 1.29 is 9.84 Å². The Labute approximate surface area is 168 Å². The summed E-state index contributed by atoms with van der Waals surface area (Å²) in [6, 6.07) is 29.0. The third-order valence-corrected chi connectivity index (χ3v) is 5.09. The van der Waals surface area contributed by atoms with Crippen molar-refractivity contribution in [3.63, 3.8) is 0 Å². The van der Waals surface area contributed by atoms with Crippen molar-refractivity contribution in [2.75, 3.05) is 7.11 Å². The SMILES string of the molecule is COc1ccc(CC([C@H](C)O)N(Cc2ccccc2)Cc2ccccc2)cc1. The Morgan fingerprint density at radius 2 is 1.25 bits per heavy atom. The minimum atomic E-state index is -0.450. The van der Waals surface area contributed by atoms with Gasteiger partial charge in [0.2, 0.25) is 0 Å². The van der Waals surface area contributed by atoms with Gasteiger partial charge in [-0.15, -0.1) is 0 Å².